The van der Waals surface area contributed by atoms with Crippen LogP contribution in [0.15, 0.2) is 18.2 Å². The Hall–Kier alpha value is -1.14. The van der Waals surface area contributed by atoms with Crippen molar-refractivity contribution in [1.82, 2.24) is 9.80 Å². The predicted octanol–water partition coefficient (Wildman–Crippen LogP) is 2.10. The highest BCUT2D eigenvalue weighted by atomic mass is 16.5. The molecule has 2 fully saturated rings. The fourth-order valence-corrected chi connectivity index (χ4v) is 4.36. The minimum absolute atomic E-state index is 0.00720. The predicted molar refractivity (Wildman–Crippen MR) is 103 cm³/mol. The molecule has 26 heavy (non-hydrogen) atoms. The average molecular weight is 363 g/mol. The number of nitrogens with zero attached hydrogens (tertiary/aromatic N) is 2. The van der Waals surface area contributed by atoms with E-state index in [2.05, 4.69) is 21.9 Å². The molecule has 0 spiro atoms. The Balaban J connectivity index is 1.61. The second kappa shape index (κ2) is 9.18. The van der Waals surface area contributed by atoms with E-state index in [1.54, 1.807) is 0 Å². The van der Waals surface area contributed by atoms with Crippen LogP contribution in [0.25, 0.3) is 0 Å². The van der Waals surface area contributed by atoms with Crippen LogP contribution >= 0.6 is 0 Å². The van der Waals surface area contributed by atoms with E-state index < -0.39 is 0 Å². The van der Waals surface area contributed by atoms with Crippen molar-refractivity contribution >= 4 is 0 Å². The third-order valence-electron chi connectivity index (χ3n) is 5.64. The summed E-state index contributed by atoms with van der Waals surface area (Å²) in [6, 6.07) is 6.13. The molecule has 2 saturated heterocycles. The number of rotatable bonds is 8. The SMILES string of the molecule is CC(C)Oc1ccc(CN2C[C@@H](CN3CCCC3)[C@@H](CO)C2)cc1CO. The van der Waals surface area contributed by atoms with Gasteiger partial charge in [-0.05, 0) is 69.3 Å². The van der Waals surface area contributed by atoms with Crippen molar-refractivity contribution in [1.29, 1.82) is 0 Å². The van der Waals surface area contributed by atoms with Crippen LogP contribution in [0.3, 0.4) is 0 Å². The van der Waals surface area contributed by atoms with Gasteiger partial charge in [0.05, 0.1) is 12.7 Å². The van der Waals surface area contributed by atoms with Crippen molar-refractivity contribution in [3.8, 4) is 5.75 Å². The second-order valence-corrected chi connectivity index (χ2v) is 8.17. The van der Waals surface area contributed by atoms with Gasteiger partial charge in [0.25, 0.3) is 0 Å². The maximum Gasteiger partial charge on any atom is 0.125 e. The molecule has 2 atom stereocenters. The monoisotopic (exact) mass is 362 g/mol. The molecule has 5 heteroatoms. The lowest BCUT2D eigenvalue weighted by molar-refractivity contribution is 0.175. The van der Waals surface area contributed by atoms with Crippen molar-refractivity contribution < 1.29 is 14.9 Å². The maximum absolute atomic E-state index is 9.80. The second-order valence-electron chi connectivity index (χ2n) is 8.17. The Morgan fingerprint density at radius 2 is 1.81 bits per heavy atom. The zero-order chi connectivity index (χ0) is 18.5. The lowest BCUT2D eigenvalue weighted by atomic mass is 9.96. The Kier molecular flexibility index (Phi) is 6.92. The van der Waals surface area contributed by atoms with E-state index in [9.17, 15) is 10.2 Å². The molecule has 3 rings (SSSR count). The summed E-state index contributed by atoms with van der Waals surface area (Å²) in [7, 11) is 0. The molecule has 2 heterocycles. The summed E-state index contributed by atoms with van der Waals surface area (Å²) < 4.78 is 5.77. The number of likely N-dealkylation sites (tertiary alicyclic amines) is 2. The third-order valence-corrected chi connectivity index (χ3v) is 5.64. The van der Waals surface area contributed by atoms with Crippen LogP contribution in [-0.2, 0) is 13.2 Å². The molecular weight excluding hydrogens is 328 g/mol. The van der Waals surface area contributed by atoms with Crippen LogP contribution in [0.2, 0.25) is 0 Å². The van der Waals surface area contributed by atoms with E-state index in [-0.39, 0.29) is 19.3 Å². The lowest BCUT2D eigenvalue weighted by Crippen LogP contribution is -2.31. The van der Waals surface area contributed by atoms with Crippen LogP contribution in [-0.4, -0.2) is 65.4 Å². The quantitative estimate of drug-likeness (QED) is 0.742. The molecule has 2 aliphatic heterocycles. The maximum atomic E-state index is 9.80. The standard InChI is InChI=1S/C21H34N2O3/c1-16(2)26-21-6-5-17(9-18(21)14-24)10-23-12-19(20(13-23)15-25)11-22-7-3-4-8-22/h5-6,9,16,19-20,24-25H,3-4,7-8,10-15H2,1-2H3/t19-,20-/m1/s1. The zero-order valence-electron chi connectivity index (χ0n) is 16.2. The fourth-order valence-electron chi connectivity index (χ4n) is 4.36. The average Bonchev–Trinajstić information content (AvgIpc) is 3.26. The highest BCUT2D eigenvalue weighted by Crippen LogP contribution is 2.28. The van der Waals surface area contributed by atoms with Gasteiger partial charge in [0.1, 0.15) is 5.75 Å². The topological polar surface area (TPSA) is 56.2 Å². The van der Waals surface area contributed by atoms with Crippen molar-refractivity contribution in [3.63, 3.8) is 0 Å². The Labute approximate surface area is 157 Å². The number of benzene rings is 1. The molecule has 0 aromatic heterocycles. The first-order valence-electron chi connectivity index (χ1n) is 10.0. The van der Waals surface area contributed by atoms with E-state index in [4.69, 9.17) is 4.74 Å². The smallest absolute Gasteiger partial charge is 0.125 e. The number of aliphatic hydroxyl groups excluding tert-OH is 2. The van der Waals surface area contributed by atoms with Crippen molar-refractivity contribution in [2.24, 2.45) is 11.8 Å². The van der Waals surface area contributed by atoms with E-state index in [0.29, 0.717) is 11.8 Å². The molecule has 0 amide bonds. The molecule has 2 N–H and O–H groups in total. The minimum atomic E-state index is -0.00720. The van der Waals surface area contributed by atoms with Crippen LogP contribution in [0.5, 0.6) is 5.75 Å². The molecule has 1 aromatic carbocycles. The minimum Gasteiger partial charge on any atom is -0.491 e. The van der Waals surface area contributed by atoms with Crippen LogP contribution < -0.4 is 4.74 Å². The van der Waals surface area contributed by atoms with Gasteiger partial charge >= 0.3 is 0 Å². The summed E-state index contributed by atoms with van der Waals surface area (Å²) in [4.78, 5) is 5.00. The molecule has 0 unspecified atom stereocenters. The molecule has 5 nitrogen and oxygen atoms in total. The first-order chi connectivity index (χ1) is 12.6. The van der Waals surface area contributed by atoms with Crippen LogP contribution in [0.4, 0.5) is 0 Å². The van der Waals surface area contributed by atoms with Gasteiger partial charge in [0.15, 0.2) is 0 Å². The van der Waals surface area contributed by atoms with Gasteiger partial charge in [-0.15, -0.1) is 0 Å². The van der Waals surface area contributed by atoms with E-state index in [1.807, 2.05) is 19.9 Å². The Morgan fingerprint density at radius 1 is 1.08 bits per heavy atom. The molecule has 0 saturated carbocycles. The lowest BCUT2D eigenvalue weighted by Gasteiger charge is -2.23. The van der Waals surface area contributed by atoms with Gasteiger partial charge in [-0.1, -0.05) is 6.07 Å². The summed E-state index contributed by atoms with van der Waals surface area (Å²) >= 11 is 0. The molecule has 2 aliphatic rings. The zero-order valence-corrected chi connectivity index (χ0v) is 16.2. The van der Waals surface area contributed by atoms with Gasteiger partial charge in [-0.3, -0.25) is 4.90 Å². The first kappa shape index (κ1) is 19.6. The number of ether oxygens (including phenoxy) is 1. The van der Waals surface area contributed by atoms with Gasteiger partial charge in [0.2, 0.25) is 0 Å². The highest BCUT2D eigenvalue weighted by molar-refractivity contribution is 5.37. The van der Waals surface area contributed by atoms with E-state index in [0.717, 1.165) is 37.5 Å². The van der Waals surface area contributed by atoms with Crippen LogP contribution in [0, 0.1) is 11.8 Å². The Bertz CT molecular complexity index is 572. The fraction of sp³-hybridized carbons (Fsp3) is 0.714. The molecule has 146 valence electrons. The van der Waals surface area contributed by atoms with Gasteiger partial charge in [-0.2, -0.15) is 0 Å². The van der Waals surface area contributed by atoms with Gasteiger partial charge in [0, 0.05) is 38.3 Å². The van der Waals surface area contributed by atoms with Gasteiger partial charge < -0.3 is 19.8 Å². The summed E-state index contributed by atoms with van der Waals surface area (Å²) in [5, 5.41) is 19.5. The van der Waals surface area contributed by atoms with Crippen molar-refractivity contribution in [2.45, 2.75) is 45.9 Å². The number of aliphatic hydroxyl groups is 2. The normalized spacial score (nSPS) is 24.7. The van der Waals surface area contributed by atoms with Crippen molar-refractivity contribution in [2.75, 3.05) is 39.3 Å². The number of hydrogen-bond donors (Lipinski definition) is 2. The summed E-state index contributed by atoms with van der Waals surface area (Å²) in [6.45, 7) is 10.7. The van der Waals surface area contributed by atoms with E-state index in [1.165, 1.54) is 31.5 Å². The largest absolute Gasteiger partial charge is 0.491 e. The molecule has 0 aliphatic carbocycles. The third kappa shape index (κ3) is 4.97. The van der Waals surface area contributed by atoms with Gasteiger partial charge in [-0.25, -0.2) is 0 Å². The first-order valence-corrected chi connectivity index (χ1v) is 10.0. The number of hydrogen-bond acceptors (Lipinski definition) is 5. The molecular formula is C21H34N2O3. The van der Waals surface area contributed by atoms with Crippen molar-refractivity contribution in [3.05, 3.63) is 29.3 Å². The summed E-state index contributed by atoms with van der Waals surface area (Å²) in [5.74, 6) is 1.70. The molecule has 1 aromatic rings. The summed E-state index contributed by atoms with van der Waals surface area (Å²) in [5.41, 5.74) is 2.05. The molecule has 0 radical (unpaired) electrons. The highest BCUT2D eigenvalue weighted by Gasteiger charge is 2.33. The van der Waals surface area contributed by atoms with E-state index >= 15 is 0 Å². The summed E-state index contributed by atoms with van der Waals surface area (Å²) in [6.07, 6.45) is 2.73. The molecule has 0 bridgehead atoms. The Morgan fingerprint density at radius 3 is 2.46 bits per heavy atom. The van der Waals surface area contributed by atoms with Crippen LogP contribution in [0.1, 0.15) is 37.8 Å².